The molecular weight excluding hydrogens is 168 g/mol. The minimum Gasteiger partial charge on any atom is -0.618 e. The number of aromatic nitrogens is 1. The molecule has 1 aromatic rings. The van der Waals surface area contributed by atoms with Crippen LogP contribution in [0.25, 0.3) is 0 Å². The minimum absolute atomic E-state index is 0.257. The molecule has 0 atom stereocenters. The van der Waals surface area contributed by atoms with Gasteiger partial charge in [0.1, 0.15) is 0 Å². The summed E-state index contributed by atoms with van der Waals surface area (Å²) in [6.07, 6.45) is 2.01. The third kappa shape index (κ3) is 1.81. The van der Waals surface area contributed by atoms with Crippen molar-refractivity contribution in [3.05, 3.63) is 33.8 Å². The number of nitrogens with zero attached hydrogens (tertiary/aromatic N) is 2. The van der Waals surface area contributed by atoms with Crippen molar-refractivity contribution in [3.63, 3.8) is 0 Å². The summed E-state index contributed by atoms with van der Waals surface area (Å²) in [4.78, 5) is 9.75. The van der Waals surface area contributed by atoms with Gasteiger partial charge in [0.15, 0.2) is 6.20 Å². The van der Waals surface area contributed by atoms with E-state index in [9.17, 15) is 15.3 Å². The Balaban J connectivity index is 3.19. The zero-order valence-corrected chi connectivity index (χ0v) is 6.19. The standard InChI is InChI=1S/C5H4N2O3S/c8-6-2-4(7(9)10)1-5(11)3-6/h1-3,11H. The molecule has 58 valence electrons. The first-order valence-corrected chi connectivity index (χ1v) is 3.11. The molecule has 1 heterocycles. The van der Waals surface area contributed by atoms with Crippen molar-refractivity contribution in [1.29, 1.82) is 0 Å². The fraction of sp³-hybridized carbons (Fsp3) is 0. The quantitative estimate of drug-likeness (QED) is 0.221. The average Bonchev–Trinajstić information content (AvgIpc) is 1.85. The Morgan fingerprint density at radius 1 is 1.55 bits per heavy atom. The van der Waals surface area contributed by atoms with Crippen LogP contribution in [-0.4, -0.2) is 4.92 Å². The lowest BCUT2D eigenvalue weighted by Gasteiger charge is -1.95. The van der Waals surface area contributed by atoms with Crippen LogP contribution in [0.3, 0.4) is 0 Å². The van der Waals surface area contributed by atoms with E-state index in [4.69, 9.17) is 0 Å². The van der Waals surface area contributed by atoms with Gasteiger partial charge in [-0.05, 0) is 0 Å². The molecular formula is C5H4N2O3S. The maximum Gasteiger partial charge on any atom is 0.334 e. The average molecular weight is 172 g/mol. The van der Waals surface area contributed by atoms with Crippen molar-refractivity contribution in [2.24, 2.45) is 0 Å². The Kier molecular flexibility index (Phi) is 1.95. The third-order valence-electron chi connectivity index (χ3n) is 1.03. The summed E-state index contributed by atoms with van der Waals surface area (Å²) in [5.74, 6) is 0. The van der Waals surface area contributed by atoms with Gasteiger partial charge in [-0.15, -0.1) is 12.6 Å². The summed E-state index contributed by atoms with van der Waals surface area (Å²) in [6.45, 7) is 0. The number of rotatable bonds is 1. The predicted molar refractivity (Wildman–Crippen MR) is 39.3 cm³/mol. The Hall–Kier alpha value is -1.30. The molecule has 6 heteroatoms. The summed E-state index contributed by atoms with van der Waals surface area (Å²) in [5.41, 5.74) is -0.257. The highest BCUT2D eigenvalue weighted by molar-refractivity contribution is 7.80. The first-order chi connectivity index (χ1) is 5.09. The largest absolute Gasteiger partial charge is 0.618 e. The van der Waals surface area contributed by atoms with Crippen LogP contribution in [0.1, 0.15) is 0 Å². The van der Waals surface area contributed by atoms with E-state index < -0.39 is 4.92 Å². The van der Waals surface area contributed by atoms with E-state index in [-0.39, 0.29) is 10.6 Å². The van der Waals surface area contributed by atoms with Crippen LogP contribution in [0.4, 0.5) is 5.69 Å². The Morgan fingerprint density at radius 2 is 2.18 bits per heavy atom. The first kappa shape index (κ1) is 7.80. The van der Waals surface area contributed by atoms with Gasteiger partial charge in [0, 0.05) is 6.07 Å². The van der Waals surface area contributed by atoms with Crippen LogP contribution < -0.4 is 4.73 Å². The summed E-state index contributed by atoms with van der Waals surface area (Å²) in [7, 11) is 0. The van der Waals surface area contributed by atoms with Gasteiger partial charge in [0.2, 0.25) is 0 Å². The molecule has 0 spiro atoms. The van der Waals surface area contributed by atoms with E-state index in [1.165, 1.54) is 6.07 Å². The zero-order chi connectivity index (χ0) is 8.43. The first-order valence-electron chi connectivity index (χ1n) is 2.67. The molecule has 0 unspecified atom stereocenters. The van der Waals surface area contributed by atoms with Crippen molar-refractivity contribution in [2.45, 2.75) is 4.90 Å². The van der Waals surface area contributed by atoms with E-state index in [0.717, 1.165) is 12.4 Å². The molecule has 0 saturated heterocycles. The predicted octanol–water partition coefficient (Wildman–Crippen LogP) is 0.517. The minimum atomic E-state index is -0.645. The van der Waals surface area contributed by atoms with Gasteiger partial charge in [-0.3, -0.25) is 10.1 Å². The van der Waals surface area contributed by atoms with Crippen molar-refractivity contribution >= 4 is 18.3 Å². The monoisotopic (exact) mass is 172 g/mol. The van der Waals surface area contributed by atoms with Crippen LogP contribution in [-0.2, 0) is 0 Å². The van der Waals surface area contributed by atoms with Gasteiger partial charge >= 0.3 is 5.69 Å². The molecule has 0 aliphatic heterocycles. The fourth-order valence-corrected chi connectivity index (χ4v) is 0.870. The molecule has 0 fully saturated rings. The van der Waals surface area contributed by atoms with Crippen molar-refractivity contribution in [1.82, 2.24) is 0 Å². The molecule has 1 aromatic heterocycles. The molecule has 0 aliphatic rings. The summed E-state index contributed by atoms with van der Waals surface area (Å²) in [5, 5.41) is 20.7. The lowest BCUT2D eigenvalue weighted by Crippen LogP contribution is -2.24. The van der Waals surface area contributed by atoms with Gasteiger partial charge in [-0.25, -0.2) is 0 Å². The maximum absolute atomic E-state index is 10.6. The lowest BCUT2D eigenvalue weighted by molar-refractivity contribution is -0.611. The van der Waals surface area contributed by atoms with Gasteiger partial charge in [-0.1, -0.05) is 0 Å². The van der Waals surface area contributed by atoms with Gasteiger partial charge in [0.05, 0.1) is 9.82 Å². The summed E-state index contributed by atoms with van der Waals surface area (Å²) in [6, 6.07) is 1.21. The molecule has 0 saturated carbocycles. The van der Waals surface area contributed by atoms with Crippen molar-refractivity contribution in [2.75, 3.05) is 0 Å². The highest BCUT2D eigenvalue weighted by Gasteiger charge is 2.10. The molecule has 0 aromatic carbocycles. The fourth-order valence-electron chi connectivity index (χ4n) is 0.624. The van der Waals surface area contributed by atoms with Crippen LogP contribution in [0, 0.1) is 15.3 Å². The molecule has 5 nitrogen and oxygen atoms in total. The van der Waals surface area contributed by atoms with E-state index in [0.29, 0.717) is 4.73 Å². The topological polar surface area (TPSA) is 70.1 Å². The lowest BCUT2D eigenvalue weighted by atomic mass is 10.4. The van der Waals surface area contributed by atoms with Gasteiger partial charge in [0.25, 0.3) is 6.20 Å². The summed E-state index contributed by atoms with van der Waals surface area (Å²) >= 11 is 3.79. The molecule has 1 rings (SSSR count). The Morgan fingerprint density at radius 3 is 2.64 bits per heavy atom. The smallest absolute Gasteiger partial charge is 0.334 e. The van der Waals surface area contributed by atoms with Crippen molar-refractivity contribution < 1.29 is 9.65 Å². The zero-order valence-electron chi connectivity index (χ0n) is 5.30. The van der Waals surface area contributed by atoms with Crippen LogP contribution in [0.15, 0.2) is 23.4 Å². The van der Waals surface area contributed by atoms with Gasteiger partial charge in [-0.2, -0.15) is 4.73 Å². The Labute approximate surface area is 67.4 Å². The normalized spacial score (nSPS) is 9.55. The highest BCUT2D eigenvalue weighted by atomic mass is 32.1. The molecule has 0 N–H and O–H groups in total. The number of pyridine rings is 1. The van der Waals surface area contributed by atoms with Crippen LogP contribution >= 0.6 is 12.6 Å². The Bertz CT molecular complexity index is 282. The number of hydrogen-bond donors (Lipinski definition) is 1. The molecule has 0 radical (unpaired) electrons. The van der Waals surface area contributed by atoms with Crippen molar-refractivity contribution in [3.8, 4) is 0 Å². The maximum atomic E-state index is 10.6. The number of thiol groups is 1. The summed E-state index contributed by atoms with van der Waals surface area (Å²) < 4.78 is 0.348. The second kappa shape index (κ2) is 2.75. The molecule has 0 bridgehead atoms. The number of hydrogen-bond acceptors (Lipinski definition) is 4. The van der Waals surface area contributed by atoms with E-state index >= 15 is 0 Å². The number of nitro groups is 1. The van der Waals surface area contributed by atoms with Gasteiger partial charge < -0.3 is 5.21 Å². The van der Waals surface area contributed by atoms with Crippen LogP contribution in [0.5, 0.6) is 0 Å². The SMILES string of the molecule is O=[N+]([O-])c1cc(S)c[n+]([O-])c1. The highest BCUT2D eigenvalue weighted by Crippen LogP contribution is 2.11. The molecule has 0 amide bonds. The van der Waals surface area contributed by atoms with E-state index in [1.54, 1.807) is 0 Å². The molecule has 11 heavy (non-hydrogen) atoms. The van der Waals surface area contributed by atoms with E-state index in [2.05, 4.69) is 12.6 Å². The second-order valence-electron chi connectivity index (χ2n) is 1.87. The molecule has 0 aliphatic carbocycles. The third-order valence-corrected chi connectivity index (χ3v) is 1.27. The second-order valence-corrected chi connectivity index (χ2v) is 2.39. The van der Waals surface area contributed by atoms with Crippen LogP contribution in [0.2, 0.25) is 0 Å². The van der Waals surface area contributed by atoms with E-state index in [1.807, 2.05) is 0 Å².